The van der Waals surface area contributed by atoms with E-state index < -0.39 is 0 Å². The van der Waals surface area contributed by atoms with E-state index in [9.17, 15) is 4.79 Å². The van der Waals surface area contributed by atoms with Crippen LogP contribution in [0.25, 0.3) is 0 Å². The van der Waals surface area contributed by atoms with E-state index in [0.29, 0.717) is 18.5 Å². The molecule has 6 nitrogen and oxygen atoms in total. The first-order valence-corrected chi connectivity index (χ1v) is 8.79. The lowest BCUT2D eigenvalue weighted by atomic mass is 9.92. The van der Waals surface area contributed by atoms with Gasteiger partial charge in [-0.15, -0.1) is 0 Å². The minimum absolute atomic E-state index is 0.0176. The van der Waals surface area contributed by atoms with Crippen molar-refractivity contribution in [1.82, 2.24) is 19.7 Å². The highest BCUT2D eigenvalue weighted by Gasteiger charge is 2.37. The molecule has 2 aromatic rings. The molecule has 0 aromatic carbocycles. The number of nitrogens with one attached hydrogen (secondary N) is 1. The number of fused-ring (bicyclic) bond motifs is 1. The van der Waals surface area contributed by atoms with Crippen LogP contribution in [0.5, 0.6) is 0 Å². The van der Waals surface area contributed by atoms with E-state index in [2.05, 4.69) is 15.4 Å². The molecular weight excluding hydrogens is 302 g/mol. The number of amides is 2. The molecule has 1 aliphatic carbocycles. The van der Waals surface area contributed by atoms with Gasteiger partial charge in [0.2, 0.25) is 0 Å². The standard InChI is InChI=1S/C18H23N5O/c24-18(23-10-4-6-14-5-3-8-17(14)23)21-16-11-20-22(13-16)12-15-7-1-2-9-19-15/h1-2,7,9,11,13-14,17H,3-6,8,10,12H2,(H,21,24)/t14-,17-/m0/s1. The van der Waals surface area contributed by atoms with Crippen LogP contribution in [0.3, 0.4) is 0 Å². The number of rotatable bonds is 3. The summed E-state index contributed by atoms with van der Waals surface area (Å²) in [7, 11) is 0. The molecule has 2 aliphatic rings. The van der Waals surface area contributed by atoms with Gasteiger partial charge in [0.1, 0.15) is 0 Å². The summed E-state index contributed by atoms with van der Waals surface area (Å²) in [5.74, 6) is 0.705. The Morgan fingerprint density at radius 2 is 2.17 bits per heavy atom. The topological polar surface area (TPSA) is 63.1 Å². The molecule has 24 heavy (non-hydrogen) atoms. The van der Waals surface area contributed by atoms with Crippen molar-refractivity contribution in [3.63, 3.8) is 0 Å². The second kappa shape index (κ2) is 6.63. The summed E-state index contributed by atoms with van der Waals surface area (Å²) in [5.41, 5.74) is 1.69. The number of nitrogens with zero attached hydrogens (tertiary/aromatic N) is 4. The van der Waals surface area contributed by atoms with Gasteiger partial charge in [0.05, 0.1) is 24.1 Å². The van der Waals surface area contributed by atoms with E-state index in [-0.39, 0.29) is 6.03 Å². The fourth-order valence-electron chi connectivity index (χ4n) is 4.07. The molecule has 2 amide bonds. The molecule has 0 unspecified atom stereocenters. The summed E-state index contributed by atoms with van der Waals surface area (Å²) in [4.78, 5) is 19.0. The quantitative estimate of drug-likeness (QED) is 0.943. The van der Waals surface area contributed by atoms with Crippen LogP contribution in [-0.4, -0.2) is 38.3 Å². The smallest absolute Gasteiger partial charge is 0.321 e. The molecule has 1 N–H and O–H groups in total. The van der Waals surface area contributed by atoms with Crippen molar-refractivity contribution in [3.05, 3.63) is 42.5 Å². The van der Waals surface area contributed by atoms with Gasteiger partial charge >= 0.3 is 6.03 Å². The zero-order valence-electron chi connectivity index (χ0n) is 13.8. The second-order valence-corrected chi connectivity index (χ2v) is 6.77. The Bertz CT molecular complexity index is 698. The maximum absolute atomic E-state index is 12.6. The van der Waals surface area contributed by atoms with E-state index in [4.69, 9.17) is 0 Å². The van der Waals surface area contributed by atoms with Crippen molar-refractivity contribution >= 4 is 11.7 Å². The van der Waals surface area contributed by atoms with Gasteiger partial charge in [-0.25, -0.2) is 4.79 Å². The van der Waals surface area contributed by atoms with Crippen LogP contribution in [-0.2, 0) is 6.54 Å². The molecule has 4 rings (SSSR count). The zero-order valence-corrected chi connectivity index (χ0v) is 13.8. The molecular formula is C18H23N5O. The average molecular weight is 325 g/mol. The second-order valence-electron chi connectivity index (χ2n) is 6.77. The lowest BCUT2D eigenvalue weighted by molar-refractivity contribution is 0.138. The molecule has 6 heteroatoms. The predicted molar refractivity (Wildman–Crippen MR) is 91.7 cm³/mol. The van der Waals surface area contributed by atoms with Gasteiger partial charge in [0.25, 0.3) is 0 Å². The van der Waals surface area contributed by atoms with E-state index >= 15 is 0 Å². The van der Waals surface area contributed by atoms with E-state index in [1.54, 1.807) is 17.1 Å². The summed E-state index contributed by atoms with van der Waals surface area (Å²) in [6.45, 7) is 1.47. The summed E-state index contributed by atoms with van der Waals surface area (Å²) in [6, 6.07) is 6.27. The Labute approximate surface area is 141 Å². The molecule has 2 atom stereocenters. The van der Waals surface area contributed by atoms with Crippen LogP contribution in [0.15, 0.2) is 36.8 Å². The number of carbonyl (C=O) groups is 1. The monoisotopic (exact) mass is 325 g/mol. The average Bonchev–Trinajstić information content (AvgIpc) is 3.24. The third-order valence-corrected chi connectivity index (χ3v) is 5.19. The zero-order chi connectivity index (χ0) is 16.4. The van der Waals surface area contributed by atoms with Crippen molar-refractivity contribution in [2.24, 2.45) is 5.92 Å². The van der Waals surface area contributed by atoms with Crippen LogP contribution < -0.4 is 5.32 Å². The van der Waals surface area contributed by atoms with Crippen LogP contribution in [0, 0.1) is 5.92 Å². The molecule has 2 fully saturated rings. The highest BCUT2D eigenvalue weighted by Crippen LogP contribution is 2.36. The lowest BCUT2D eigenvalue weighted by Crippen LogP contribution is -2.48. The van der Waals surface area contributed by atoms with Crippen molar-refractivity contribution in [1.29, 1.82) is 0 Å². The highest BCUT2D eigenvalue weighted by molar-refractivity contribution is 5.89. The van der Waals surface area contributed by atoms with Crippen molar-refractivity contribution < 1.29 is 4.79 Å². The number of aromatic nitrogens is 3. The van der Waals surface area contributed by atoms with Gasteiger partial charge in [-0.05, 0) is 43.7 Å². The number of anilines is 1. The molecule has 1 saturated carbocycles. The molecule has 0 radical (unpaired) electrons. The Hall–Kier alpha value is -2.37. The van der Waals surface area contributed by atoms with Crippen LogP contribution in [0.1, 0.15) is 37.8 Å². The van der Waals surface area contributed by atoms with Crippen LogP contribution in [0.4, 0.5) is 10.5 Å². The highest BCUT2D eigenvalue weighted by atomic mass is 16.2. The van der Waals surface area contributed by atoms with Gasteiger partial charge in [-0.3, -0.25) is 9.67 Å². The molecule has 2 aromatic heterocycles. The molecule has 1 aliphatic heterocycles. The van der Waals surface area contributed by atoms with Gasteiger partial charge in [-0.1, -0.05) is 12.5 Å². The Balaban J connectivity index is 1.39. The van der Waals surface area contributed by atoms with Gasteiger partial charge in [-0.2, -0.15) is 5.10 Å². The predicted octanol–water partition coefficient (Wildman–Crippen LogP) is 3.12. The van der Waals surface area contributed by atoms with Gasteiger partial charge in [0.15, 0.2) is 0 Å². The van der Waals surface area contributed by atoms with Crippen LogP contribution in [0.2, 0.25) is 0 Å². The first kappa shape index (κ1) is 15.2. The first-order valence-electron chi connectivity index (χ1n) is 8.79. The summed E-state index contributed by atoms with van der Waals surface area (Å²) < 4.78 is 1.80. The normalized spacial score (nSPS) is 23.1. The van der Waals surface area contributed by atoms with E-state index in [0.717, 1.165) is 30.8 Å². The Kier molecular flexibility index (Phi) is 4.19. The number of hydrogen-bond acceptors (Lipinski definition) is 3. The summed E-state index contributed by atoms with van der Waals surface area (Å²) in [6.07, 6.45) is 11.4. The summed E-state index contributed by atoms with van der Waals surface area (Å²) >= 11 is 0. The Morgan fingerprint density at radius 3 is 3.04 bits per heavy atom. The minimum Gasteiger partial charge on any atom is -0.321 e. The lowest BCUT2D eigenvalue weighted by Gasteiger charge is -2.37. The summed E-state index contributed by atoms with van der Waals surface area (Å²) in [5, 5.41) is 7.33. The van der Waals surface area contributed by atoms with E-state index in [1.165, 1.54) is 19.3 Å². The maximum atomic E-state index is 12.6. The van der Waals surface area contributed by atoms with Crippen molar-refractivity contribution in [2.75, 3.05) is 11.9 Å². The number of pyridine rings is 1. The SMILES string of the molecule is O=C(Nc1cnn(Cc2ccccn2)c1)N1CCC[C@@H]2CCC[C@@H]21. The molecule has 3 heterocycles. The number of carbonyl (C=O) groups excluding carboxylic acids is 1. The minimum atomic E-state index is 0.0176. The number of urea groups is 1. The van der Waals surface area contributed by atoms with Gasteiger partial charge in [0, 0.05) is 25.0 Å². The number of hydrogen-bond donors (Lipinski definition) is 1. The number of likely N-dealkylation sites (tertiary alicyclic amines) is 1. The van der Waals surface area contributed by atoms with Crippen LogP contribution >= 0.6 is 0 Å². The van der Waals surface area contributed by atoms with Crippen molar-refractivity contribution in [3.8, 4) is 0 Å². The Morgan fingerprint density at radius 1 is 1.25 bits per heavy atom. The maximum Gasteiger partial charge on any atom is 0.322 e. The molecule has 126 valence electrons. The largest absolute Gasteiger partial charge is 0.322 e. The van der Waals surface area contributed by atoms with Gasteiger partial charge < -0.3 is 10.2 Å². The van der Waals surface area contributed by atoms with Crippen molar-refractivity contribution in [2.45, 2.75) is 44.7 Å². The first-order chi connectivity index (χ1) is 11.8. The fraction of sp³-hybridized carbons (Fsp3) is 0.500. The third-order valence-electron chi connectivity index (χ3n) is 5.19. The number of piperidine rings is 1. The van der Waals surface area contributed by atoms with E-state index in [1.807, 2.05) is 29.3 Å². The fourth-order valence-corrected chi connectivity index (χ4v) is 4.07. The third kappa shape index (κ3) is 3.13. The molecule has 0 spiro atoms. The molecule has 1 saturated heterocycles. The molecule has 0 bridgehead atoms.